The second-order valence-electron chi connectivity index (χ2n) is 5.87. The number of sulfonamides is 1. The maximum absolute atomic E-state index is 12.8. The zero-order chi connectivity index (χ0) is 17.9. The number of aliphatic carboxylic acids is 1. The van der Waals surface area contributed by atoms with Gasteiger partial charge >= 0.3 is 5.97 Å². The molecule has 2 N–H and O–H groups in total. The second-order valence-corrected chi connectivity index (χ2v) is 7.76. The number of carboxylic acid groups (broad SMARTS) is 1. The van der Waals surface area contributed by atoms with Crippen molar-refractivity contribution < 1.29 is 23.1 Å². The summed E-state index contributed by atoms with van der Waals surface area (Å²) in [4.78, 5) is 22.7. The molecule has 0 aliphatic carbocycles. The molecule has 132 valence electrons. The lowest BCUT2D eigenvalue weighted by molar-refractivity contribution is -0.144. The standard InChI is InChI=1S/C16H22N2O5S/c1-3-15(19)17-12-6-8-13(9-7-12)24(22,23)18-10-4-5-14(11(18)2)16(20)21/h6-9,11,14H,3-5,10H2,1-2H3,(H,17,19)(H,20,21)/t11-,14-/m0/s1. The maximum Gasteiger partial charge on any atom is 0.308 e. The van der Waals surface area contributed by atoms with Crippen LogP contribution in [0.25, 0.3) is 0 Å². The molecule has 1 saturated heterocycles. The van der Waals surface area contributed by atoms with Crippen molar-refractivity contribution in [2.45, 2.75) is 44.0 Å². The Morgan fingerprint density at radius 1 is 1.29 bits per heavy atom. The van der Waals surface area contributed by atoms with E-state index in [0.717, 1.165) is 0 Å². The van der Waals surface area contributed by atoms with E-state index in [0.29, 0.717) is 31.5 Å². The molecule has 8 heteroatoms. The third kappa shape index (κ3) is 3.76. The van der Waals surface area contributed by atoms with E-state index in [1.54, 1.807) is 13.8 Å². The molecule has 1 aromatic carbocycles. The molecule has 2 atom stereocenters. The van der Waals surface area contributed by atoms with Crippen LogP contribution in [0.1, 0.15) is 33.1 Å². The van der Waals surface area contributed by atoms with Gasteiger partial charge in [-0.25, -0.2) is 8.42 Å². The van der Waals surface area contributed by atoms with Gasteiger partial charge < -0.3 is 10.4 Å². The number of benzene rings is 1. The number of amides is 1. The van der Waals surface area contributed by atoms with Crippen LogP contribution in [0.15, 0.2) is 29.2 Å². The predicted octanol–water partition coefficient (Wildman–Crippen LogP) is 1.91. The van der Waals surface area contributed by atoms with Gasteiger partial charge in [0.2, 0.25) is 15.9 Å². The number of nitrogens with one attached hydrogen (secondary N) is 1. The van der Waals surface area contributed by atoms with E-state index in [-0.39, 0.29) is 10.8 Å². The van der Waals surface area contributed by atoms with Gasteiger partial charge in [0.15, 0.2) is 0 Å². The van der Waals surface area contributed by atoms with Crippen LogP contribution >= 0.6 is 0 Å². The zero-order valence-corrected chi connectivity index (χ0v) is 14.5. The minimum absolute atomic E-state index is 0.0925. The molecule has 0 spiro atoms. The SMILES string of the molecule is CCC(=O)Nc1ccc(S(=O)(=O)N2CCC[C@H](C(=O)O)[C@@H]2C)cc1. The molecule has 0 unspecified atom stereocenters. The number of anilines is 1. The van der Waals surface area contributed by atoms with Crippen LogP contribution in [0.5, 0.6) is 0 Å². The summed E-state index contributed by atoms with van der Waals surface area (Å²) >= 11 is 0. The van der Waals surface area contributed by atoms with E-state index in [1.807, 2.05) is 0 Å². The first-order chi connectivity index (χ1) is 11.3. The predicted molar refractivity (Wildman–Crippen MR) is 89.1 cm³/mol. The first kappa shape index (κ1) is 18.4. The Balaban J connectivity index is 2.23. The van der Waals surface area contributed by atoms with Crippen LogP contribution in [0.4, 0.5) is 5.69 Å². The molecule has 0 radical (unpaired) electrons. The van der Waals surface area contributed by atoms with Crippen LogP contribution in [0, 0.1) is 5.92 Å². The van der Waals surface area contributed by atoms with Crippen molar-refractivity contribution in [3.8, 4) is 0 Å². The van der Waals surface area contributed by atoms with Gasteiger partial charge in [0, 0.05) is 24.7 Å². The minimum Gasteiger partial charge on any atom is -0.481 e. The summed E-state index contributed by atoms with van der Waals surface area (Å²) in [7, 11) is -3.77. The van der Waals surface area contributed by atoms with Gasteiger partial charge in [-0.2, -0.15) is 4.31 Å². The van der Waals surface area contributed by atoms with E-state index in [2.05, 4.69) is 5.32 Å². The van der Waals surface area contributed by atoms with Gasteiger partial charge in [-0.15, -0.1) is 0 Å². The Kier molecular flexibility index (Phi) is 5.61. The fourth-order valence-electron chi connectivity index (χ4n) is 2.88. The highest BCUT2D eigenvalue weighted by Crippen LogP contribution is 2.29. The summed E-state index contributed by atoms with van der Waals surface area (Å²) < 4.78 is 26.9. The van der Waals surface area contributed by atoms with E-state index in [1.165, 1.54) is 28.6 Å². The summed E-state index contributed by atoms with van der Waals surface area (Å²) in [5.41, 5.74) is 0.524. The third-order valence-electron chi connectivity index (χ3n) is 4.31. The monoisotopic (exact) mass is 354 g/mol. The number of carboxylic acids is 1. The molecule has 1 aliphatic rings. The Labute approximate surface area is 141 Å². The Bertz CT molecular complexity index is 714. The van der Waals surface area contributed by atoms with Crippen LogP contribution in [0.3, 0.4) is 0 Å². The summed E-state index contributed by atoms with van der Waals surface area (Å²) in [5, 5.41) is 11.9. The fourth-order valence-corrected chi connectivity index (χ4v) is 4.58. The molecule has 1 aliphatic heterocycles. The van der Waals surface area contributed by atoms with Crippen LogP contribution in [-0.4, -0.2) is 42.3 Å². The average Bonchev–Trinajstić information content (AvgIpc) is 2.55. The van der Waals surface area contributed by atoms with Gasteiger partial charge in [0.1, 0.15) is 0 Å². The molecule has 1 aromatic rings. The smallest absolute Gasteiger partial charge is 0.308 e. The number of nitrogens with zero attached hydrogens (tertiary/aromatic N) is 1. The second kappa shape index (κ2) is 7.31. The van der Waals surface area contributed by atoms with Crippen molar-refractivity contribution in [1.82, 2.24) is 4.31 Å². The van der Waals surface area contributed by atoms with E-state index in [9.17, 15) is 23.1 Å². The molecular formula is C16H22N2O5S. The highest BCUT2D eigenvalue weighted by molar-refractivity contribution is 7.89. The van der Waals surface area contributed by atoms with Crippen molar-refractivity contribution in [3.05, 3.63) is 24.3 Å². The molecule has 2 rings (SSSR count). The molecule has 7 nitrogen and oxygen atoms in total. The normalized spacial score (nSPS) is 22.1. The van der Waals surface area contributed by atoms with E-state index in [4.69, 9.17) is 0 Å². The van der Waals surface area contributed by atoms with Gasteiger partial charge in [0.25, 0.3) is 0 Å². The lowest BCUT2D eigenvalue weighted by Gasteiger charge is -2.36. The Morgan fingerprint density at radius 2 is 1.92 bits per heavy atom. The molecular weight excluding hydrogens is 332 g/mol. The zero-order valence-electron chi connectivity index (χ0n) is 13.7. The maximum atomic E-state index is 12.8. The molecule has 0 bridgehead atoms. The largest absolute Gasteiger partial charge is 0.481 e. The van der Waals surface area contributed by atoms with Gasteiger partial charge in [-0.3, -0.25) is 9.59 Å². The fraction of sp³-hybridized carbons (Fsp3) is 0.500. The number of rotatable bonds is 5. The first-order valence-corrected chi connectivity index (χ1v) is 9.36. The molecule has 24 heavy (non-hydrogen) atoms. The van der Waals surface area contributed by atoms with Crippen molar-refractivity contribution in [3.63, 3.8) is 0 Å². The minimum atomic E-state index is -3.77. The highest BCUT2D eigenvalue weighted by Gasteiger charge is 2.39. The lowest BCUT2D eigenvalue weighted by atomic mass is 9.92. The van der Waals surface area contributed by atoms with Crippen molar-refractivity contribution >= 4 is 27.6 Å². The van der Waals surface area contributed by atoms with Gasteiger partial charge in [0.05, 0.1) is 10.8 Å². The Hall–Kier alpha value is -1.93. The summed E-state index contributed by atoms with van der Waals surface area (Å²) in [6, 6.07) is 5.32. The first-order valence-electron chi connectivity index (χ1n) is 7.92. The number of hydrogen-bond donors (Lipinski definition) is 2. The summed E-state index contributed by atoms with van der Waals surface area (Å²) in [5.74, 6) is -1.82. The average molecular weight is 354 g/mol. The van der Waals surface area contributed by atoms with Crippen molar-refractivity contribution in [1.29, 1.82) is 0 Å². The summed E-state index contributed by atoms with van der Waals surface area (Å²) in [6.45, 7) is 3.66. The number of hydrogen-bond acceptors (Lipinski definition) is 4. The van der Waals surface area contributed by atoms with E-state index < -0.39 is 28.0 Å². The van der Waals surface area contributed by atoms with Crippen LogP contribution in [-0.2, 0) is 19.6 Å². The quantitative estimate of drug-likeness (QED) is 0.840. The number of piperidine rings is 1. The number of carbonyl (C=O) groups is 2. The third-order valence-corrected chi connectivity index (χ3v) is 6.31. The van der Waals surface area contributed by atoms with Crippen LogP contribution < -0.4 is 5.32 Å². The molecule has 0 saturated carbocycles. The molecule has 1 heterocycles. The lowest BCUT2D eigenvalue weighted by Crippen LogP contribution is -2.48. The van der Waals surface area contributed by atoms with Gasteiger partial charge in [-0.1, -0.05) is 6.92 Å². The van der Waals surface area contributed by atoms with E-state index >= 15 is 0 Å². The molecule has 1 amide bonds. The van der Waals surface area contributed by atoms with Crippen molar-refractivity contribution in [2.24, 2.45) is 5.92 Å². The Morgan fingerprint density at radius 3 is 2.46 bits per heavy atom. The molecule has 0 aromatic heterocycles. The van der Waals surface area contributed by atoms with Gasteiger partial charge in [-0.05, 0) is 44.0 Å². The topological polar surface area (TPSA) is 104 Å². The van der Waals surface area contributed by atoms with Crippen molar-refractivity contribution in [2.75, 3.05) is 11.9 Å². The highest BCUT2D eigenvalue weighted by atomic mass is 32.2. The number of carbonyl (C=O) groups excluding carboxylic acids is 1. The summed E-state index contributed by atoms with van der Waals surface area (Å²) in [6.07, 6.45) is 1.33. The molecule has 1 fully saturated rings. The van der Waals surface area contributed by atoms with Crippen LogP contribution in [0.2, 0.25) is 0 Å².